The molecule has 0 aliphatic rings. The van der Waals surface area contributed by atoms with E-state index in [-0.39, 0.29) is 10.5 Å². The van der Waals surface area contributed by atoms with Gasteiger partial charge >= 0.3 is 0 Å². The smallest absolute Gasteiger partial charge is 0.192 e. The number of pyridine rings is 1. The minimum atomic E-state index is -1.81. The lowest BCUT2D eigenvalue weighted by Crippen LogP contribution is -2.40. The molecule has 1 unspecified atom stereocenters. The van der Waals surface area contributed by atoms with Gasteiger partial charge in [-0.15, -0.1) is 11.6 Å². The second-order valence-corrected chi connectivity index (χ2v) is 13.8. The van der Waals surface area contributed by atoms with Crippen LogP contribution in [0.4, 0.5) is 0 Å². The highest BCUT2D eigenvalue weighted by Gasteiger charge is 2.37. The molecule has 25 heavy (non-hydrogen) atoms. The minimum Gasteiger partial charge on any atom is -0.490 e. The molecule has 1 heterocycles. The zero-order valence-electron chi connectivity index (χ0n) is 16.5. The molecule has 7 heteroatoms. The number of nitrogens with zero attached hydrogens (tertiary/aromatic N) is 1. The third kappa shape index (κ3) is 6.72. The average molecular weight is 407 g/mol. The van der Waals surface area contributed by atoms with Gasteiger partial charge in [0.05, 0.1) is 18.9 Å². The Morgan fingerprint density at radius 3 is 2.32 bits per heavy atom. The first kappa shape index (κ1) is 22.7. The van der Waals surface area contributed by atoms with E-state index in [0.717, 1.165) is 12.2 Å². The summed E-state index contributed by atoms with van der Waals surface area (Å²) >= 11 is 12.3. The Bertz CT molecular complexity index is 564. The fourth-order valence-corrected chi connectivity index (χ4v) is 3.27. The first-order valence-electron chi connectivity index (χ1n) is 8.57. The number of aromatic nitrogens is 1. The summed E-state index contributed by atoms with van der Waals surface area (Å²) in [6.45, 7) is 14.9. The van der Waals surface area contributed by atoms with Crippen LogP contribution in [0.25, 0.3) is 0 Å². The van der Waals surface area contributed by atoms with E-state index in [9.17, 15) is 0 Å². The molecule has 1 atom stereocenters. The standard InChI is InChI=1S/C18H32Cl2N2O2Si/c1-17(2,3)25(6,7)24-10-14-8-9-15(16(20)22-14)23-13-18(4,11-19)12-21-5/h8-9,21H,10-13H2,1-7H3. The van der Waals surface area contributed by atoms with Gasteiger partial charge in [0.1, 0.15) is 0 Å². The SMILES string of the molecule is CNCC(C)(CCl)COc1ccc(CO[Si](C)(C)C(C)(C)C)nc1Cl. The lowest BCUT2D eigenvalue weighted by molar-refractivity contribution is 0.181. The molecule has 1 rings (SSSR count). The Hall–Kier alpha value is -0.333. The van der Waals surface area contributed by atoms with Crippen molar-refractivity contribution in [1.82, 2.24) is 10.3 Å². The summed E-state index contributed by atoms with van der Waals surface area (Å²) in [6.07, 6.45) is 0. The van der Waals surface area contributed by atoms with Crippen molar-refractivity contribution in [3.63, 3.8) is 0 Å². The topological polar surface area (TPSA) is 43.4 Å². The molecule has 0 spiro atoms. The van der Waals surface area contributed by atoms with Crippen molar-refractivity contribution in [2.75, 3.05) is 26.1 Å². The zero-order chi connectivity index (χ0) is 19.3. The molecule has 144 valence electrons. The molecule has 0 amide bonds. The van der Waals surface area contributed by atoms with Crippen molar-refractivity contribution >= 4 is 31.5 Å². The van der Waals surface area contributed by atoms with E-state index in [1.54, 1.807) is 0 Å². The van der Waals surface area contributed by atoms with E-state index in [1.165, 1.54) is 0 Å². The van der Waals surface area contributed by atoms with Crippen LogP contribution in [0.15, 0.2) is 12.1 Å². The summed E-state index contributed by atoms with van der Waals surface area (Å²) in [4.78, 5) is 4.42. The van der Waals surface area contributed by atoms with Crippen LogP contribution in [0.1, 0.15) is 33.4 Å². The summed E-state index contributed by atoms with van der Waals surface area (Å²) in [5.74, 6) is 1.07. The van der Waals surface area contributed by atoms with Crippen molar-refractivity contribution < 1.29 is 9.16 Å². The highest BCUT2D eigenvalue weighted by Crippen LogP contribution is 2.37. The summed E-state index contributed by atoms with van der Waals surface area (Å²) < 4.78 is 12.0. The first-order valence-corrected chi connectivity index (χ1v) is 12.4. The van der Waals surface area contributed by atoms with Gasteiger partial charge in [-0.3, -0.25) is 0 Å². The normalized spacial score (nSPS) is 15.1. The van der Waals surface area contributed by atoms with E-state index in [1.807, 2.05) is 19.2 Å². The van der Waals surface area contributed by atoms with Crippen LogP contribution in [0.2, 0.25) is 23.3 Å². The van der Waals surface area contributed by atoms with Gasteiger partial charge in [-0.05, 0) is 37.3 Å². The molecule has 0 aromatic carbocycles. The maximum absolute atomic E-state index is 6.29. The van der Waals surface area contributed by atoms with E-state index < -0.39 is 8.32 Å². The molecule has 0 saturated carbocycles. The van der Waals surface area contributed by atoms with Gasteiger partial charge in [0.2, 0.25) is 0 Å². The highest BCUT2D eigenvalue weighted by molar-refractivity contribution is 6.74. The summed E-state index contributed by atoms with van der Waals surface area (Å²) in [5.41, 5.74) is 0.654. The number of nitrogens with one attached hydrogen (secondary N) is 1. The molecule has 0 bridgehead atoms. The number of hydrogen-bond acceptors (Lipinski definition) is 4. The van der Waals surface area contributed by atoms with Gasteiger partial charge in [-0.1, -0.05) is 39.3 Å². The lowest BCUT2D eigenvalue weighted by atomic mass is 9.94. The van der Waals surface area contributed by atoms with E-state index in [0.29, 0.717) is 30.0 Å². The Morgan fingerprint density at radius 2 is 1.84 bits per heavy atom. The zero-order valence-corrected chi connectivity index (χ0v) is 19.0. The Morgan fingerprint density at radius 1 is 1.20 bits per heavy atom. The van der Waals surface area contributed by atoms with Crippen molar-refractivity contribution in [3.8, 4) is 5.75 Å². The number of halogens is 2. The van der Waals surface area contributed by atoms with Gasteiger partial charge in [-0.2, -0.15) is 0 Å². The van der Waals surface area contributed by atoms with Crippen LogP contribution < -0.4 is 10.1 Å². The molecular weight excluding hydrogens is 375 g/mol. The maximum Gasteiger partial charge on any atom is 0.192 e. The van der Waals surface area contributed by atoms with Crippen LogP contribution in [0.5, 0.6) is 5.75 Å². The average Bonchev–Trinajstić information content (AvgIpc) is 2.51. The molecule has 1 aromatic heterocycles. The third-order valence-corrected chi connectivity index (χ3v) is 10.2. The van der Waals surface area contributed by atoms with E-state index in [4.69, 9.17) is 32.4 Å². The number of rotatable bonds is 9. The summed E-state index contributed by atoms with van der Waals surface area (Å²) in [6, 6.07) is 3.76. The summed E-state index contributed by atoms with van der Waals surface area (Å²) in [5, 5.41) is 3.66. The first-order chi connectivity index (χ1) is 11.4. The molecule has 0 aliphatic carbocycles. The van der Waals surface area contributed by atoms with Gasteiger partial charge in [0.15, 0.2) is 19.2 Å². The number of hydrogen-bond donors (Lipinski definition) is 1. The second kappa shape index (κ2) is 9.04. The fourth-order valence-electron chi connectivity index (χ4n) is 1.93. The van der Waals surface area contributed by atoms with Gasteiger partial charge in [-0.25, -0.2) is 4.98 Å². The maximum atomic E-state index is 6.29. The van der Waals surface area contributed by atoms with Gasteiger partial charge < -0.3 is 14.5 Å². The number of alkyl halides is 1. The van der Waals surface area contributed by atoms with Crippen LogP contribution in [0.3, 0.4) is 0 Å². The molecule has 1 N–H and O–H groups in total. The quantitative estimate of drug-likeness (QED) is 0.351. The minimum absolute atomic E-state index is 0.163. The molecule has 0 aliphatic heterocycles. The van der Waals surface area contributed by atoms with E-state index >= 15 is 0 Å². The van der Waals surface area contributed by atoms with Crippen LogP contribution in [-0.4, -0.2) is 39.4 Å². The van der Waals surface area contributed by atoms with Crippen LogP contribution in [0, 0.1) is 5.41 Å². The van der Waals surface area contributed by atoms with Crippen LogP contribution in [-0.2, 0) is 11.0 Å². The fraction of sp³-hybridized carbons (Fsp3) is 0.722. The second-order valence-electron chi connectivity index (χ2n) is 8.40. The number of ether oxygens (including phenoxy) is 1. The molecule has 0 radical (unpaired) electrons. The molecule has 0 fully saturated rings. The monoisotopic (exact) mass is 406 g/mol. The van der Waals surface area contributed by atoms with Gasteiger partial charge in [0, 0.05) is 17.8 Å². The summed E-state index contributed by atoms with van der Waals surface area (Å²) in [7, 11) is 0.0905. The third-order valence-electron chi connectivity index (χ3n) is 4.76. The molecule has 1 aromatic rings. The highest BCUT2D eigenvalue weighted by atomic mass is 35.5. The van der Waals surface area contributed by atoms with Crippen LogP contribution >= 0.6 is 23.2 Å². The predicted molar refractivity (Wildman–Crippen MR) is 109 cm³/mol. The van der Waals surface area contributed by atoms with Gasteiger partial charge in [0.25, 0.3) is 0 Å². The molecule has 0 saturated heterocycles. The largest absolute Gasteiger partial charge is 0.490 e. The Kier molecular flexibility index (Phi) is 8.21. The Balaban J connectivity index is 2.71. The van der Waals surface area contributed by atoms with Crippen molar-refractivity contribution in [1.29, 1.82) is 0 Å². The molecular formula is C18H32Cl2N2O2Si. The Labute approximate surface area is 163 Å². The van der Waals surface area contributed by atoms with E-state index in [2.05, 4.69) is 51.1 Å². The van der Waals surface area contributed by atoms with Crippen molar-refractivity contribution in [2.45, 2.75) is 52.4 Å². The lowest BCUT2D eigenvalue weighted by Gasteiger charge is -2.36. The molecule has 4 nitrogen and oxygen atoms in total. The van der Waals surface area contributed by atoms with Crippen molar-refractivity contribution in [2.24, 2.45) is 5.41 Å². The predicted octanol–water partition coefficient (Wildman–Crippen LogP) is 5.10. The van der Waals surface area contributed by atoms with Crippen molar-refractivity contribution in [3.05, 3.63) is 23.0 Å².